The van der Waals surface area contributed by atoms with Gasteiger partial charge in [0.15, 0.2) is 11.6 Å². The number of hydrogen-bond donors (Lipinski definition) is 1. The van der Waals surface area contributed by atoms with Crippen molar-refractivity contribution in [2.24, 2.45) is 0 Å². The average molecular weight is 269 g/mol. The molecule has 1 N–H and O–H groups in total. The Hall–Kier alpha value is -1.98. The predicted octanol–water partition coefficient (Wildman–Crippen LogP) is 2.04. The number of aliphatic carboxylic acids is 1. The van der Waals surface area contributed by atoms with Gasteiger partial charge in [0.2, 0.25) is 0 Å². The second-order valence-electron chi connectivity index (χ2n) is 4.48. The fourth-order valence-corrected chi connectivity index (χ4v) is 2.23. The van der Waals surface area contributed by atoms with Gasteiger partial charge in [0, 0.05) is 12.1 Å². The Morgan fingerprint density at radius 2 is 1.95 bits per heavy atom. The Labute approximate surface area is 108 Å². The summed E-state index contributed by atoms with van der Waals surface area (Å²) in [7, 11) is 0. The number of nitrogens with zero attached hydrogens (tertiary/aromatic N) is 1. The zero-order valence-corrected chi connectivity index (χ0v) is 10.1. The fourth-order valence-electron chi connectivity index (χ4n) is 2.23. The summed E-state index contributed by atoms with van der Waals surface area (Å²) in [6, 6.07) is 1.93. The van der Waals surface area contributed by atoms with Gasteiger partial charge in [-0.25, -0.2) is 13.6 Å². The first kappa shape index (κ1) is 13.5. The first-order valence-electron chi connectivity index (χ1n) is 5.99. The van der Waals surface area contributed by atoms with Crippen molar-refractivity contribution >= 4 is 11.9 Å². The van der Waals surface area contributed by atoms with E-state index in [1.165, 1.54) is 4.90 Å². The zero-order valence-electron chi connectivity index (χ0n) is 10.1. The molecule has 1 saturated heterocycles. The third kappa shape index (κ3) is 2.72. The Balaban J connectivity index is 2.26. The number of likely N-dealkylation sites (tertiary alicyclic amines) is 1. The van der Waals surface area contributed by atoms with Crippen LogP contribution in [0.2, 0.25) is 0 Å². The molecule has 4 nitrogen and oxygen atoms in total. The number of carboxylic acids is 1. The topological polar surface area (TPSA) is 57.6 Å². The van der Waals surface area contributed by atoms with Crippen molar-refractivity contribution in [3.63, 3.8) is 0 Å². The largest absolute Gasteiger partial charge is 0.480 e. The van der Waals surface area contributed by atoms with E-state index >= 15 is 0 Å². The highest BCUT2D eigenvalue weighted by atomic mass is 19.2. The molecular weight excluding hydrogens is 256 g/mol. The first-order chi connectivity index (χ1) is 9.00. The molecule has 1 aromatic carbocycles. The van der Waals surface area contributed by atoms with Crippen molar-refractivity contribution in [1.29, 1.82) is 0 Å². The lowest BCUT2D eigenvalue weighted by Gasteiger charge is -2.33. The van der Waals surface area contributed by atoms with E-state index in [0.29, 0.717) is 19.4 Å². The van der Waals surface area contributed by atoms with E-state index in [9.17, 15) is 18.4 Å². The van der Waals surface area contributed by atoms with E-state index < -0.39 is 29.6 Å². The molecule has 6 heteroatoms. The number of halogens is 2. The standard InChI is InChI=1S/C13H13F2NO3/c14-9-5-4-8(7-10(9)15)12(17)16-6-2-1-3-11(16)13(18)19/h4-5,7,11H,1-3,6H2,(H,18,19)/t11-/m0/s1. The lowest BCUT2D eigenvalue weighted by Crippen LogP contribution is -2.48. The molecule has 0 unspecified atom stereocenters. The van der Waals surface area contributed by atoms with Crippen LogP contribution < -0.4 is 0 Å². The molecule has 0 bridgehead atoms. The van der Waals surface area contributed by atoms with E-state index in [1.807, 2.05) is 0 Å². The maximum Gasteiger partial charge on any atom is 0.326 e. The van der Waals surface area contributed by atoms with Gasteiger partial charge in [0.05, 0.1) is 0 Å². The van der Waals surface area contributed by atoms with Crippen LogP contribution in [0.5, 0.6) is 0 Å². The monoisotopic (exact) mass is 269 g/mol. The summed E-state index contributed by atoms with van der Waals surface area (Å²) < 4.78 is 25.9. The predicted molar refractivity (Wildman–Crippen MR) is 62.7 cm³/mol. The van der Waals surface area contributed by atoms with Gasteiger partial charge in [-0.3, -0.25) is 4.79 Å². The summed E-state index contributed by atoms with van der Waals surface area (Å²) in [6.45, 7) is 0.314. The molecule has 1 heterocycles. The number of amides is 1. The quantitative estimate of drug-likeness (QED) is 0.893. The van der Waals surface area contributed by atoms with E-state index in [-0.39, 0.29) is 5.56 Å². The first-order valence-corrected chi connectivity index (χ1v) is 5.99. The van der Waals surface area contributed by atoms with Crippen LogP contribution in [0.25, 0.3) is 0 Å². The molecule has 1 aliphatic rings. The Kier molecular flexibility index (Phi) is 3.78. The minimum Gasteiger partial charge on any atom is -0.480 e. The fraction of sp³-hybridized carbons (Fsp3) is 0.385. The number of carbonyl (C=O) groups excluding carboxylic acids is 1. The lowest BCUT2D eigenvalue weighted by molar-refractivity contribution is -0.143. The van der Waals surface area contributed by atoms with Crippen molar-refractivity contribution in [3.05, 3.63) is 35.4 Å². The van der Waals surface area contributed by atoms with E-state index in [0.717, 1.165) is 24.6 Å². The third-order valence-corrected chi connectivity index (χ3v) is 3.22. The van der Waals surface area contributed by atoms with Crippen LogP contribution in [-0.4, -0.2) is 34.5 Å². The van der Waals surface area contributed by atoms with Crippen LogP contribution in [0.4, 0.5) is 8.78 Å². The number of rotatable bonds is 2. The molecule has 19 heavy (non-hydrogen) atoms. The summed E-state index contributed by atoms with van der Waals surface area (Å²) in [5.41, 5.74) is -0.0351. The van der Waals surface area contributed by atoms with Gasteiger partial charge >= 0.3 is 5.97 Å². The van der Waals surface area contributed by atoms with Crippen LogP contribution in [0.1, 0.15) is 29.6 Å². The SMILES string of the molecule is O=C(O)[C@@H]1CCCCN1C(=O)c1ccc(F)c(F)c1. The van der Waals surface area contributed by atoms with Crippen molar-refractivity contribution in [2.45, 2.75) is 25.3 Å². The van der Waals surface area contributed by atoms with Gasteiger partial charge < -0.3 is 10.0 Å². The van der Waals surface area contributed by atoms with Gasteiger partial charge in [-0.05, 0) is 37.5 Å². The van der Waals surface area contributed by atoms with Gasteiger partial charge in [0.25, 0.3) is 5.91 Å². The Morgan fingerprint density at radius 3 is 2.58 bits per heavy atom. The van der Waals surface area contributed by atoms with Crippen LogP contribution in [0.3, 0.4) is 0 Å². The molecule has 0 saturated carbocycles. The molecule has 1 fully saturated rings. The van der Waals surface area contributed by atoms with Crippen LogP contribution in [0.15, 0.2) is 18.2 Å². The molecule has 1 amide bonds. The summed E-state index contributed by atoms with van der Waals surface area (Å²) in [6.07, 6.45) is 1.82. The summed E-state index contributed by atoms with van der Waals surface area (Å²) in [4.78, 5) is 24.5. The highest BCUT2D eigenvalue weighted by Crippen LogP contribution is 2.20. The van der Waals surface area contributed by atoms with Crippen molar-refractivity contribution in [2.75, 3.05) is 6.54 Å². The Morgan fingerprint density at radius 1 is 1.21 bits per heavy atom. The van der Waals surface area contributed by atoms with Gasteiger partial charge in [-0.2, -0.15) is 0 Å². The molecule has 0 aromatic heterocycles. The summed E-state index contributed by atoms with van der Waals surface area (Å²) in [5.74, 6) is -3.80. The van der Waals surface area contributed by atoms with E-state index in [2.05, 4.69) is 0 Å². The molecule has 0 spiro atoms. The maximum absolute atomic E-state index is 13.1. The molecule has 0 aliphatic carbocycles. The molecular formula is C13H13F2NO3. The van der Waals surface area contributed by atoms with E-state index in [1.54, 1.807) is 0 Å². The second kappa shape index (κ2) is 5.34. The molecule has 2 rings (SSSR count). The number of carbonyl (C=O) groups is 2. The van der Waals surface area contributed by atoms with Crippen molar-refractivity contribution in [3.8, 4) is 0 Å². The Bertz CT molecular complexity index is 519. The zero-order chi connectivity index (χ0) is 14.0. The molecule has 1 aromatic rings. The van der Waals surface area contributed by atoms with E-state index in [4.69, 9.17) is 5.11 Å². The van der Waals surface area contributed by atoms with Crippen LogP contribution in [-0.2, 0) is 4.79 Å². The van der Waals surface area contributed by atoms with Crippen LogP contribution in [0, 0.1) is 11.6 Å². The number of hydrogen-bond acceptors (Lipinski definition) is 2. The average Bonchev–Trinajstić information content (AvgIpc) is 2.41. The maximum atomic E-state index is 13.1. The second-order valence-corrected chi connectivity index (χ2v) is 4.48. The summed E-state index contributed by atoms with van der Waals surface area (Å²) >= 11 is 0. The molecule has 0 radical (unpaired) electrons. The number of piperidine rings is 1. The molecule has 1 atom stereocenters. The highest BCUT2D eigenvalue weighted by molar-refractivity contribution is 5.96. The van der Waals surface area contributed by atoms with Crippen molar-refractivity contribution < 1.29 is 23.5 Å². The number of benzene rings is 1. The molecule has 1 aliphatic heterocycles. The van der Waals surface area contributed by atoms with Gasteiger partial charge in [-0.15, -0.1) is 0 Å². The third-order valence-electron chi connectivity index (χ3n) is 3.22. The van der Waals surface area contributed by atoms with Crippen molar-refractivity contribution in [1.82, 2.24) is 4.90 Å². The highest BCUT2D eigenvalue weighted by Gasteiger charge is 2.32. The van der Waals surface area contributed by atoms with Crippen LogP contribution >= 0.6 is 0 Å². The lowest BCUT2D eigenvalue weighted by atomic mass is 10.0. The minimum absolute atomic E-state index is 0.0351. The summed E-state index contributed by atoms with van der Waals surface area (Å²) in [5, 5.41) is 9.08. The normalized spacial score (nSPS) is 19.3. The minimum atomic E-state index is -1.12. The number of carboxylic acid groups (broad SMARTS) is 1. The van der Waals surface area contributed by atoms with Gasteiger partial charge in [-0.1, -0.05) is 0 Å². The van der Waals surface area contributed by atoms with Gasteiger partial charge in [0.1, 0.15) is 6.04 Å². The smallest absolute Gasteiger partial charge is 0.326 e. The molecule has 102 valence electrons.